The van der Waals surface area contributed by atoms with Gasteiger partial charge in [-0.3, -0.25) is 18.6 Å². The Balaban J connectivity index is 2.57. The van der Waals surface area contributed by atoms with Crippen LogP contribution < -0.4 is 0 Å². The predicted octanol–water partition coefficient (Wildman–Crippen LogP) is 6.44. The van der Waals surface area contributed by atoms with Crippen LogP contribution in [-0.2, 0) is 32.7 Å². The number of allylic oxidation sites excluding steroid dienone is 8. The summed E-state index contributed by atoms with van der Waals surface area (Å²) in [4.78, 5) is 35.5. The Labute approximate surface area is 322 Å². The minimum Gasteiger partial charge on any atom is -0.462 e. The summed E-state index contributed by atoms with van der Waals surface area (Å²) in [5.41, 5.74) is 0. The highest BCUT2D eigenvalue weighted by molar-refractivity contribution is 7.47. The molecule has 6 atom stereocenters. The summed E-state index contributed by atoms with van der Waals surface area (Å²) < 4.78 is 33.3. The van der Waals surface area contributed by atoms with Crippen LogP contribution in [0.1, 0.15) is 136 Å². The van der Waals surface area contributed by atoms with Crippen LogP contribution in [-0.4, -0.2) is 98.3 Å². The lowest BCUT2D eigenvalue weighted by molar-refractivity contribution is -0.220. The standard InChI is InChI=1S/C40H69O13P/c1-3-5-7-9-11-13-15-17-19-21-23-25-27-29-34(42)52-32(30-50-33(41)28-26-24-22-20-18-16-14-12-10-8-6-4-2)31-51-54(48,49)53-40-38(46)36(44)35(43)37(45)39(40)47/h5,7,11-14,17,19,32,35-40,43-47H,3-4,6,8-10,15-16,18,20-31H2,1-2H3,(H,48,49)/b7-5-,13-11-,14-12-,19-17-. The van der Waals surface area contributed by atoms with Crippen molar-refractivity contribution in [2.45, 2.75) is 179 Å². The number of aliphatic hydroxyl groups is 5. The number of unbranched alkanes of at least 4 members (excludes halogenated alkanes) is 11. The summed E-state index contributed by atoms with van der Waals surface area (Å²) >= 11 is 0. The van der Waals surface area contributed by atoms with E-state index in [1.165, 1.54) is 19.3 Å². The summed E-state index contributed by atoms with van der Waals surface area (Å²) in [5.74, 6) is -1.15. The van der Waals surface area contributed by atoms with Crippen molar-refractivity contribution in [2.75, 3.05) is 13.2 Å². The molecule has 1 fully saturated rings. The van der Waals surface area contributed by atoms with Gasteiger partial charge in [-0.15, -0.1) is 0 Å². The fraction of sp³-hybridized carbons (Fsp3) is 0.750. The van der Waals surface area contributed by atoms with Gasteiger partial charge >= 0.3 is 19.8 Å². The first-order chi connectivity index (χ1) is 25.9. The van der Waals surface area contributed by atoms with Crippen LogP contribution in [0.4, 0.5) is 0 Å². The third-order valence-electron chi connectivity index (χ3n) is 8.90. The van der Waals surface area contributed by atoms with Crippen molar-refractivity contribution in [2.24, 2.45) is 0 Å². The molecule has 6 unspecified atom stereocenters. The maximum absolute atomic E-state index is 12.7. The van der Waals surface area contributed by atoms with Crippen molar-refractivity contribution in [1.82, 2.24) is 0 Å². The molecule has 0 aromatic heterocycles. The molecule has 1 rings (SSSR count). The van der Waals surface area contributed by atoms with Gasteiger partial charge in [0.2, 0.25) is 0 Å². The van der Waals surface area contributed by atoms with Crippen molar-refractivity contribution in [3.05, 3.63) is 48.6 Å². The van der Waals surface area contributed by atoms with E-state index >= 15 is 0 Å². The Bertz CT molecular complexity index is 1140. The highest BCUT2D eigenvalue weighted by Crippen LogP contribution is 2.47. The van der Waals surface area contributed by atoms with Crippen LogP contribution in [0.15, 0.2) is 48.6 Å². The average Bonchev–Trinajstić information content (AvgIpc) is 3.15. The van der Waals surface area contributed by atoms with Crippen molar-refractivity contribution >= 4 is 19.8 Å². The van der Waals surface area contributed by atoms with Gasteiger partial charge in [0.25, 0.3) is 0 Å². The Kier molecular flexibility index (Phi) is 28.6. The van der Waals surface area contributed by atoms with E-state index in [0.717, 1.165) is 77.0 Å². The molecule has 54 heavy (non-hydrogen) atoms. The zero-order chi connectivity index (χ0) is 40.0. The normalized spacial score (nSPS) is 23.8. The Morgan fingerprint density at radius 1 is 0.593 bits per heavy atom. The number of rotatable bonds is 31. The molecule has 312 valence electrons. The Morgan fingerprint density at radius 2 is 1.06 bits per heavy atom. The highest BCUT2D eigenvalue weighted by Gasteiger charge is 2.51. The number of hydrogen-bond acceptors (Lipinski definition) is 12. The molecular formula is C40H69O13P. The number of carbonyl (C=O) groups excluding carboxylic acids is 2. The van der Waals surface area contributed by atoms with E-state index in [2.05, 4.69) is 62.5 Å². The number of carbonyl (C=O) groups is 2. The lowest BCUT2D eigenvalue weighted by atomic mass is 9.85. The van der Waals surface area contributed by atoms with E-state index in [0.29, 0.717) is 12.8 Å². The molecule has 0 spiro atoms. The van der Waals surface area contributed by atoms with Gasteiger partial charge in [-0.1, -0.05) is 101 Å². The van der Waals surface area contributed by atoms with Crippen LogP contribution in [0, 0.1) is 0 Å². The topological polar surface area (TPSA) is 210 Å². The van der Waals surface area contributed by atoms with Gasteiger partial charge in [0.15, 0.2) is 6.10 Å². The molecule has 1 aliphatic rings. The van der Waals surface area contributed by atoms with Crippen LogP contribution in [0.25, 0.3) is 0 Å². The zero-order valence-electron chi connectivity index (χ0n) is 32.5. The van der Waals surface area contributed by atoms with Gasteiger partial charge in [0.05, 0.1) is 6.61 Å². The van der Waals surface area contributed by atoms with Crippen LogP contribution in [0.3, 0.4) is 0 Å². The quantitative estimate of drug-likeness (QED) is 0.0194. The van der Waals surface area contributed by atoms with Crippen molar-refractivity contribution in [3.63, 3.8) is 0 Å². The van der Waals surface area contributed by atoms with Gasteiger partial charge in [-0.25, -0.2) is 4.57 Å². The van der Waals surface area contributed by atoms with E-state index in [1.54, 1.807) is 0 Å². The monoisotopic (exact) mass is 788 g/mol. The van der Waals surface area contributed by atoms with E-state index < -0.39 is 75.7 Å². The number of aliphatic hydroxyl groups excluding tert-OH is 5. The second-order valence-electron chi connectivity index (χ2n) is 13.7. The molecule has 0 aliphatic heterocycles. The second-order valence-corrected chi connectivity index (χ2v) is 15.2. The van der Waals surface area contributed by atoms with Crippen LogP contribution in [0.5, 0.6) is 0 Å². The predicted molar refractivity (Wildman–Crippen MR) is 207 cm³/mol. The number of ether oxygens (including phenoxy) is 2. The van der Waals surface area contributed by atoms with Gasteiger partial charge in [-0.05, 0) is 70.6 Å². The minimum atomic E-state index is -5.12. The first kappa shape index (κ1) is 49.8. The van der Waals surface area contributed by atoms with Crippen molar-refractivity contribution < 1.29 is 63.1 Å². The van der Waals surface area contributed by atoms with Gasteiger partial charge in [0.1, 0.15) is 43.2 Å². The number of hydrogen-bond donors (Lipinski definition) is 6. The Hall–Kier alpha value is -2.19. The molecule has 0 radical (unpaired) electrons. The van der Waals surface area contributed by atoms with E-state index in [4.69, 9.17) is 18.5 Å². The lowest BCUT2D eigenvalue weighted by Gasteiger charge is -2.41. The first-order valence-corrected chi connectivity index (χ1v) is 21.4. The van der Waals surface area contributed by atoms with Crippen molar-refractivity contribution in [1.29, 1.82) is 0 Å². The lowest BCUT2D eigenvalue weighted by Crippen LogP contribution is -2.64. The minimum absolute atomic E-state index is 0.0582. The maximum Gasteiger partial charge on any atom is 0.472 e. The molecule has 0 saturated heterocycles. The summed E-state index contributed by atoms with van der Waals surface area (Å²) in [6, 6.07) is 0. The molecular weight excluding hydrogens is 719 g/mol. The Morgan fingerprint density at radius 3 is 1.65 bits per heavy atom. The van der Waals surface area contributed by atoms with Crippen LogP contribution >= 0.6 is 7.82 Å². The van der Waals surface area contributed by atoms with Gasteiger partial charge in [-0.2, -0.15) is 0 Å². The summed E-state index contributed by atoms with van der Waals surface area (Å²) in [5, 5.41) is 49.9. The van der Waals surface area contributed by atoms with Gasteiger partial charge in [0, 0.05) is 12.8 Å². The van der Waals surface area contributed by atoms with Crippen LogP contribution in [0.2, 0.25) is 0 Å². The second kappa shape index (κ2) is 31.0. The molecule has 1 saturated carbocycles. The fourth-order valence-electron chi connectivity index (χ4n) is 5.65. The number of phosphoric acid groups is 1. The SMILES string of the molecule is CC/C=C\C/C=C\C/C=C\CCCCCC(=O)OC(COC(=O)CCCCCCC/C=C\CCCCC)COP(=O)(O)OC1C(O)C(O)C(O)C(O)C1O. The fourth-order valence-corrected chi connectivity index (χ4v) is 6.62. The summed E-state index contributed by atoms with van der Waals surface area (Å²) in [7, 11) is -5.12. The van der Waals surface area contributed by atoms with E-state index in [9.17, 15) is 44.6 Å². The molecule has 13 nitrogen and oxygen atoms in total. The van der Waals surface area contributed by atoms with E-state index in [-0.39, 0.29) is 12.8 Å². The smallest absolute Gasteiger partial charge is 0.462 e. The zero-order valence-corrected chi connectivity index (χ0v) is 33.4. The summed E-state index contributed by atoms with van der Waals surface area (Å²) in [6.45, 7) is 3.08. The van der Waals surface area contributed by atoms with E-state index in [1.807, 2.05) is 0 Å². The number of esters is 2. The average molecular weight is 789 g/mol. The highest BCUT2D eigenvalue weighted by atomic mass is 31.2. The third kappa shape index (κ3) is 23.7. The molecule has 0 amide bonds. The molecule has 0 aromatic rings. The van der Waals surface area contributed by atoms with Gasteiger partial charge < -0.3 is 39.9 Å². The molecule has 0 aromatic carbocycles. The molecule has 6 N–H and O–H groups in total. The molecule has 0 heterocycles. The molecule has 14 heteroatoms. The first-order valence-electron chi connectivity index (χ1n) is 19.9. The maximum atomic E-state index is 12.7. The third-order valence-corrected chi connectivity index (χ3v) is 9.89. The summed E-state index contributed by atoms with van der Waals surface area (Å²) in [6.07, 6.45) is 20.5. The largest absolute Gasteiger partial charge is 0.472 e. The number of phosphoric ester groups is 1. The van der Waals surface area contributed by atoms with Crippen molar-refractivity contribution in [3.8, 4) is 0 Å². The molecule has 1 aliphatic carbocycles. The molecule has 0 bridgehead atoms.